The lowest BCUT2D eigenvalue weighted by Gasteiger charge is -2.13. The minimum atomic E-state index is -0.455. The summed E-state index contributed by atoms with van der Waals surface area (Å²) in [6.45, 7) is 4.14. The molecule has 6 heteroatoms. The summed E-state index contributed by atoms with van der Waals surface area (Å²) >= 11 is 3.43. The van der Waals surface area contributed by atoms with Gasteiger partial charge < -0.3 is 10.1 Å². The molecule has 150 valence electrons. The van der Waals surface area contributed by atoms with Crippen LogP contribution in [0.5, 0.6) is 5.75 Å². The lowest BCUT2D eigenvalue weighted by molar-refractivity contribution is -0.122. The van der Waals surface area contributed by atoms with Gasteiger partial charge in [0.15, 0.2) is 0 Å². The van der Waals surface area contributed by atoms with Crippen molar-refractivity contribution >= 4 is 44.7 Å². The average Bonchev–Trinajstić information content (AvgIpc) is 3.02. The van der Waals surface area contributed by atoms with Gasteiger partial charge in [0.25, 0.3) is 5.91 Å². The van der Waals surface area contributed by atoms with Gasteiger partial charge in [-0.25, -0.2) is 4.79 Å². The third kappa shape index (κ3) is 4.00. The van der Waals surface area contributed by atoms with E-state index in [1.54, 1.807) is 6.08 Å². The van der Waals surface area contributed by atoms with Crippen LogP contribution in [0.4, 0.5) is 4.79 Å². The Hall–Kier alpha value is -3.38. The van der Waals surface area contributed by atoms with Gasteiger partial charge in [-0.3, -0.25) is 9.69 Å². The predicted octanol–water partition coefficient (Wildman–Crippen LogP) is 5.26. The van der Waals surface area contributed by atoms with Gasteiger partial charge in [-0.2, -0.15) is 0 Å². The van der Waals surface area contributed by atoms with Crippen molar-refractivity contribution in [2.75, 3.05) is 6.54 Å². The Morgan fingerprint density at radius 3 is 2.57 bits per heavy atom. The van der Waals surface area contributed by atoms with Crippen molar-refractivity contribution in [1.82, 2.24) is 10.2 Å². The van der Waals surface area contributed by atoms with Crippen molar-refractivity contribution in [1.29, 1.82) is 0 Å². The number of fused-ring (bicyclic) bond motifs is 1. The van der Waals surface area contributed by atoms with Crippen molar-refractivity contribution in [3.8, 4) is 5.75 Å². The Kier molecular flexibility index (Phi) is 5.68. The standard InChI is InChI=1S/C24H19BrN2O3/c1-2-13-27-23(28)21(26-24(27)29)14-20-19-6-4-3-5-17(19)9-12-22(20)30-15-16-7-10-18(25)11-8-16/h2-12,14H,1,13,15H2,(H,26,29)/b21-14+. The van der Waals surface area contributed by atoms with Gasteiger partial charge in [0.05, 0.1) is 0 Å². The lowest BCUT2D eigenvalue weighted by atomic mass is 10.0. The van der Waals surface area contributed by atoms with Gasteiger partial charge in [0.1, 0.15) is 18.1 Å². The molecule has 0 atom stereocenters. The fourth-order valence-corrected chi connectivity index (χ4v) is 3.57. The van der Waals surface area contributed by atoms with Crippen LogP contribution in [-0.4, -0.2) is 23.4 Å². The molecule has 0 aromatic heterocycles. The minimum Gasteiger partial charge on any atom is -0.488 e. The fraction of sp³-hybridized carbons (Fsp3) is 0.0833. The molecule has 3 aromatic carbocycles. The molecular formula is C24H19BrN2O3. The Morgan fingerprint density at radius 2 is 1.80 bits per heavy atom. The number of hydrogen-bond acceptors (Lipinski definition) is 3. The highest BCUT2D eigenvalue weighted by atomic mass is 79.9. The zero-order valence-corrected chi connectivity index (χ0v) is 17.7. The minimum absolute atomic E-state index is 0.157. The number of carbonyl (C=O) groups is 2. The second-order valence-electron chi connectivity index (χ2n) is 6.81. The number of benzene rings is 3. The van der Waals surface area contributed by atoms with E-state index in [0.29, 0.717) is 12.4 Å². The number of hydrogen-bond donors (Lipinski definition) is 1. The van der Waals surface area contributed by atoms with Crippen molar-refractivity contribution in [3.63, 3.8) is 0 Å². The first-order valence-electron chi connectivity index (χ1n) is 9.41. The second kappa shape index (κ2) is 8.55. The van der Waals surface area contributed by atoms with Crippen molar-refractivity contribution in [2.24, 2.45) is 0 Å². The summed E-state index contributed by atoms with van der Waals surface area (Å²) < 4.78 is 7.11. The van der Waals surface area contributed by atoms with Gasteiger partial charge in [0.2, 0.25) is 0 Å². The van der Waals surface area contributed by atoms with Crippen LogP contribution in [0.1, 0.15) is 11.1 Å². The number of rotatable bonds is 6. The van der Waals surface area contributed by atoms with Crippen LogP contribution in [0.15, 0.2) is 83.5 Å². The number of ether oxygens (including phenoxy) is 1. The molecule has 0 spiro atoms. The van der Waals surface area contributed by atoms with Gasteiger partial charge in [0, 0.05) is 16.6 Å². The Bertz CT molecular complexity index is 1170. The molecule has 1 N–H and O–H groups in total. The van der Waals surface area contributed by atoms with Crippen molar-refractivity contribution in [3.05, 3.63) is 94.6 Å². The molecule has 3 amide bonds. The number of nitrogens with one attached hydrogen (secondary N) is 1. The van der Waals surface area contributed by atoms with Gasteiger partial charge in [-0.15, -0.1) is 6.58 Å². The molecule has 1 aliphatic rings. The normalized spacial score (nSPS) is 15.0. The molecular weight excluding hydrogens is 444 g/mol. The first-order valence-corrected chi connectivity index (χ1v) is 10.2. The van der Waals surface area contributed by atoms with Crippen LogP contribution < -0.4 is 10.1 Å². The number of halogens is 1. The topological polar surface area (TPSA) is 58.6 Å². The second-order valence-corrected chi connectivity index (χ2v) is 7.72. The third-order valence-electron chi connectivity index (χ3n) is 4.80. The summed E-state index contributed by atoms with van der Waals surface area (Å²) in [6, 6.07) is 19.1. The van der Waals surface area contributed by atoms with E-state index >= 15 is 0 Å². The molecule has 1 fully saturated rings. The Morgan fingerprint density at radius 1 is 1.03 bits per heavy atom. The quantitative estimate of drug-likeness (QED) is 0.308. The SMILES string of the molecule is C=CCN1C(=O)N/C(=C/c2c(OCc3ccc(Br)cc3)ccc3ccccc23)C1=O. The number of carbonyl (C=O) groups excluding carboxylic acids is 2. The largest absolute Gasteiger partial charge is 0.488 e. The molecule has 0 bridgehead atoms. The van der Waals surface area contributed by atoms with Crippen LogP contribution in [-0.2, 0) is 11.4 Å². The van der Waals surface area contributed by atoms with E-state index in [1.165, 1.54) is 6.08 Å². The highest BCUT2D eigenvalue weighted by Gasteiger charge is 2.32. The summed E-state index contributed by atoms with van der Waals surface area (Å²) in [4.78, 5) is 25.9. The summed E-state index contributed by atoms with van der Waals surface area (Å²) in [5.41, 5.74) is 1.98. The van der Waals surface area contributed by atoms with Gasteiger partial charge in [-0.1, -0.05) is 64.5 Å². The maximum absolute atomic E-state index is 12.7. The molecule has 0 aliphatic carbocycles. The van der Waals surface area contributed by atoms with Crippen LogP contribution in [0.25, 0.3) is 16.8 Å². The van der Waals surface area contributed by atoms with Crippen LogP contribution >= 0.6 is 15.9 Å². The highest BCUT2D eigenvalue weighted by Crippen LogP contribution is 2.31. The van der Waals surface area contributed by atoms with Crippen LogP contribution in [0.2, 0.25) is 0 Å². The zero-order chi connectivity index (χ0) is 21.1. The van der Waals surface area contributed by atoms with E-state index in [-0.39, 0.29) is 18.1 Å². The third-order valence-corrected chi connectivity index (χ3v) is 5.33. The summed E-state index contributed by atoms with van der Waals surface area (Å²) in [7, 11) is 0. The van der Waals surface area contributed by atoms with E-state index in [1.807, 2.05) is 60.7 Å². The predicted molar refractivity (Wildman–Crippen MR) is 121 cm³/mol. The monoisotopic (exact) mass is 462 g/mol. The maximum Gasteiger partial charge on any atom is 0.329 e. The Balaban J connectivity index is 1.72. The molecule has 0 saturated carbocycles. The summed E-state index contributed by atoms with van der Waals surface area (Å²) in [6.07, 6.45) is 3.20. The highest BCUT2D eigenvalue weighted by molar-refractivity contribution is 9.10. The van der Waals surface area contributed by atoms with Crippen LogP contribution in [0, 0.1) is 0 Å². The van der Waals surface area contributed by atoms with E-state index in [9.17, 15) is 9.59 Å². The Labute approximate surface area is 182 Å². The maximum atomic E-state index is 12.7. The number of amides is 3. The average molecular weight is 463 g/mol. The summed E-state index contributed by atoms with van der Waals surface area (Å²) in [5.74, 6) is 0.250. The molecule has 30 heavy (non-hydrogen) atoms. The first kappa shape index (κ1) is 19.9. The summed E-state index contributed by atoms with van der Waals surface area (Å²) in [5, 5.41) is 4.60. The molecule has 5 nitrogen and oxygen atoms in total. The van der Waals surface area contributed by atoms with E-state index < -0.39 is 6.03 Å². The van der Waals surface area contributed by atoms with E-state index in [0.717, 1.165) is 31.3 Å². The molecule has 1 aliphatic heterocycles. The van der Waals surface area contributed by atoms with Gasteiger partial charge >= 0.3 is 6.03 Å². The molecule has 4 rings (SSSR count). The molecule has 3 aromatic rings. The fourth-order valence-electron chi connectivity index (χ4n) is 3.30. The van der Waals surface area contributed by atoms with Crippen LogP contribution in [0.3, 0.4) is 0 Å². The zero-order valence-electron chi connectivity index (χ0n) is 16.1. The number of urea groups is 1. The first-order chi connectivity index (χ1) is 14.6. The van der Waals surface area contributed by atoms with Gasteiger partial charge in [-0.05, 0) is 40.6 Å². The smallest absolute Gasteiger partial charge is 0.329 e. The number of imide groups is 1. The van der Waals surface area contributed by atoms with Crippen molar-refractivity contribution in [2.45, 2.75) is 6.61 Å². The molecule has 1 heterocycles. The molecule has 0 radical (unpaired) electrons. The lowest BCUT2D eigenvalue weighted by Crippen LogP contribution is -2.30. The van der Waals surface area contributed by atoms with E-state index in [2.05, 4.69) is 27.8 Å². The molecule has 1 saturated heterocycles. The number of nitrogens with zero attached hydrogens (tertiary/aromatic N) is 1. The van der Waals surface area contributed by atoms with E-state index in [4.69, 9.17) is 4.74 Å². The molecule has 0 unspecified atom stereocenters. The van der Waals surface area contributed by atoms with Crippen molar-refractivity contribution < 1.29 is 14.3 Å².